The van der Waals surface area contributed by atoms with Crippen molar-refractivity contribution in [1.29, 1.82) is 0 Å². The van der Waals surface area contributed by atoms with E-state index in [4.69, 9.17) is 5.84 Å². The first-order valence-electron chi connectivity index (χ1n) is 6.46. The lowest BCUT2D eigenvalue weighted by atomic mass is 10.2. The van der Waals surface area contributed by atoms with Crippen LogP contribution in [0.2, 0.25) is 0 Å². The Balaban J connectivity index is 2.00. The summed E-state index contributed by atoms with van der Waals surface area (Å²) < 4.78 is 0. The molecule has 1 heterocycles. The summed E-state index contributed by atoms with van der Waals surface area (Å²) in [6.45, 7) is 2.10. The molecule has 106 valence electrons. The molecule has 0 atom stereocenters. The first-order chi connectivity index (χ1) is 9.81. The molecule has 6 heteroatoms. The molecule has 0 aliphatic carbocycles. The number of aliphatic hydroxyl groups is 1. The van der Waals surface area contributed by atoms with Crippen LogP contribution in [0.3, 0.4) is 0 Å². The van der Waals surface area contributed by atoms with Gasteiger partial charge in [-0.3, -0.25) is 9.88 Å². The van der Waals surface area contributed by atoms with Crippen molar-refractivity contribution >= 4 is 5.82 Å². The van der Waals surface area contributed by atoms with Crippen LogP contribution < -0.4 is 11.3 Å². The number of aromatic nitrogens is 2. The SMILES string of the molecule is NNc1cnc(CN(CCO)Cc2ccccc2)cn1. The number of nitrogens with two attached hydrogens (primary N) is 1. The van der Waals surface area contributed by atoms with Crippen LogP contribution in [0.15, 0.2) is 42.7 Å². The summed E-state index contributed by atoms with van der Waals surface area (Å²) in [5.41, 5.74) is 4.49. The highest BCUT2D eigenvalue weighted by Gasteiger charge is 2.08. The first kappa shape index (κ1) is 14.4. The maximum Gasteiger partial charge on any atom is 0.158 e. The Hall–Kier alpha value is -2.02. The lowest BCUT2D eigenvalue weighted by Crippen LogP contribution is -2.26. The summed E-state index contributed by atoms with van der Waals surface area (Å²) >= 11 is 0. The number of nitrogen functional groups attached to an aromatic ring is 1. The molecular weight excluding hydrogens is 254 g/mol. The van der Waals surface area contributed by atoms with E-state index in [9.17, 15) is 5.11 Å². The molecule has 0 saturated carbocycles. The van der Waals surface area contributed by atoms with Gasteiger partial charge in [0, 0.05) is 19.6 Å². The molecule has 2 aromatic rings. The Morgan fingerprint density at radius 1 is 1.10 bits per heavy atom. The molecule has 6 nitrogen and oxygen atoms in total. The minimum atomic E-state index is 0.114. The summed E-state index contributed by atoms with van der Waals surface area (Å²) in [5, 5.41) is 9.17. The Kier molecular flexibility index (Phi) is 5.43. The molecule has 2 rings (SSSR count). The minimum Gasteiger partial charge on any atom is -0.395 e. The van der Waals surface area contributed by atoms with E-state index >= 15 is 0 Å². The fraction of sp³-hybridized carbons (Fsp3) is 0.286. The largest absolute Gasteiger partial charge is 0.395 e. The molecule has 0 aliphatic heterocycles. The third-order valence-corrected chi connectivity index (χ3v) is 2.90. The monoisotopic (exact) mass is 273 g/mol. The Labute approximate surface area is 118 Å². The van der Waals surface area contributed by atoms with Crippen LogP contribution in [0, 0.1) is 0 Å². The lowest BCUT2D eigenvalue weighted by Gasteiger charge is -2.20. The van der Waals surface area contributed by atoms with Crippen molar-refractivity contribution in [2.45, 2.75) is 13.1 Å². The van der Waals surface area contributed by atoms with Crippen molar-refractivity contribution in [2.24, 2.45) is 5.84 Å². The zero-order valence-electron chi connectivity index (χ0n) is 11.2. The van der Waals surface area contributed by atoms with Crippen LogP contribution in [0.1, 0.15) is 11.3 Å². The molecule has 0 unspecified atom stereocenters. The van der Waals surface area contributed by atoms with Crippen molar-refractivity contribution in [2.75, 3.05) is 18.6 Å². The van der Waals surface area contributed by atoms with Gasteiger partial charge in [-0.05, 0) is 5.56 Å². The third-order valence-electron chi connectivity index (χ3n) is 2.90. The maximum atomic E-state index is 9.17. The molecule has 0 saturated heterocycles. The van der Waals surface area contributed by atoms with Gasteiger partial charge >= 0.3 is 0 Å². The Morgan fingerprint density at radius 3 is 2.50 bits per heavy atom. The Morgan fingerprint density at radius 2 is 1.90 bits per heavy atom. The van der Waals surface area contributed by atoms with Crippen LogP contribution in [0.4, 0.5) is 5.82 Å². The number of benzene rings is 1. The fourth-order valence-corrected chi connectivity index (χ4v) is 1.94. The number of anilines is 1. The van der Waals surface area contributed by atoms with Gasteiger partial charge in [0.15, 0.2) is 5.82 Å². The van der Waals surface area contributed by atoms with Crippen LogP contribution in [-0.2, 0) is 13.1 Å². The van der Waals surface area contributed by atoms with Gasteiger partial charge in [-0.1, -0.05) is 30.3 Å². The van der Waals surface area contributed by atoms with Gasteiger partial charge in [-0.25, -0.2) is 10.8 Å². The summed E-state index contributed by atoms with van der Waals surface area (Å²) in [7, 11) is 0. The van der Waals surface area contributed by atoms with Gasteiger partial charge < -0.3 is 10.5 Å². The quantitative estimate of drug-likeness (QED) is 0.510. The molecule has 4 N–H and O–H groups in total. The zero-order chi connectivity index (χ0) is 14.2. The Bertz CT molecular complexity index is 503. The summed E-state index contributed by atoms with van der Waals surface area (Å²) in [6.07, 6.45) is 3.28. The normalized spacial score (nSPS) is 10.8. The van der Waals surface area contributed by atoms with Crippen molar-refractivity contribution in [3.8, 4) is 0 Å². The number of hydrogen-bond acceptors (Lipinski definition) is 6. The molecule has 20 heavy (non-hydrogen) atoms. The van der Waals surface area contributed by atoms with E-state index in [0.29, 0.717) is 18.9 Å². The number of hydrazine groups is 1. The van der Waals surface area contributed by atoms with Crippen LogP contribution in [-0.4, -0.2) is 33.1 Å². The fourth-order valence-electron chi connectivity index (χ4n) is 1.94. The molecular formula is C14H19N5O. The predicted molar refractivity (Wildman–Crippen MR) is 77.5 cm³/mol. The van der Waals surface area contributed by atoms with Crippen molar-refractivity contribution in [3.63, 3.8) is 0 Å². The smallest absolute Gasteiger partial charge is 0.158 e. The van der Waals surface area contributed by atoms with Gasteiger partial charge in [-0.2, -0.15) is 0 Å². The van der Waals surface area contributed by atoms with E-state index in [2.05, 4.69) is 32.4 Å². The number of rotatable bonds is 7. The molecule has 1 aromatic heterocycles. The van der Waals surface area contributed by atoms with Crippen LogP contribution >= 0.6 is 0 Å². The molecule has 0 aliphatic rings. The van der Waals surface area contributed by atoms with Gasteiger partial charge in [0.25, 0.3) is 0 Å². The number of nitrogens with zero attached hydrogens (tertiary/aromatic N) is 3. The summed E-state index contributed by atoms with van der Waals surface area (Å²) in [6, 6.07) is 10.1. The second kappa shape index (κ2) is 7.54. The second-order valence-corrected chi connectivity index (χ2v) is 4.46. The highest BCUT2D eigenvalue weighted by molar-refractivity contribution is 5.28. The van der Waals surface area contributed by atoms with E-state index < -0.39 is 0 Å². The molecule has 0 amide bonds. The van der Waals surface area contributed by atoms with Crippen molar-refractivity contribution in [3.05, 3.63) is 54.0 Å². The highest BCUT2D eigenvalue weighted by atomic mass is 16.3. The van der Waals surface area contributed by atoms with Gasteiger partial charge in [-0.15, -0.1) is 0 Å². The second-order valence-electron chi connectivity index (χ2n) is 4.46. The molecule has 0 fully saturated rings. The molecule has 1 aromatic carbocycles. The van der Waals surface area contributed by atoms with Crippen molar-refractivity contribution in [1.82, 2.24) is 14.9 Å². The van der Waals surface area contributed by atoms with E-state index in [1.165, 1.54) is 5.56 Å². The van der Waals surface area contributed by atoms with Crippen molar-refractivity contribution < 1.29 is 5.11 Å². The van der Waals surface area contributed by atoms with Crippen LogP contribution in [0.25, 0.3) is 0 Å². The number of aliphatic hydroxyl groups excluding tert-OH is 1. The van der Waals surface area contributed by atoms with E-state index in [0.717, 1.165) is 12.2 Å². The third kappa shape index (κ3) is 4.27. The van der Waals surface area contributed by atoms with Gasteiger partial charge in [0.2, 0.25) is 0 Å². The topological polar surface area (TPSA) is 87.3 Å². The van der Waals surface area contributed by atoms with E-state index in [1.807, 2.05) is 18.2 Å². The van der Waals surface area contributed by atoms with Gasteiger partial charge in [0.1, 0.15) is 0 Å². The number of hydrogen-bond donors (Lipinski definition) is 3. The summed E-state index contributed by atoms with van der Waals surface area (Å²) in [5.74, 6) is 5.79. The summed E-state index contributed by atoms with van der Waals surface area (Å²) in [4.78, 5) is 10.5. The van der Waals surface area contributed by atoms with Gasteiger partial charge in [0.05, 0.1) is 24.7 Å². The zero-order valence-corrected chi connectivity index (χ0v) is 11.2. The minimum absolute atomic E-state index is 0.114. The molecule has 0 bridgehead atoms. The average molecular weight is 273 g/mol. The van der Waals surface area contributed by atoms with Crippen LogP contribution in [0.5, 0.6) is 0 Å². The predicted octanol–water partition coefficient (Wildman–Crippen LogP) is 0.757. The van der Waals surface area contributed by atoms with E-state index in [-0.39, 0.29) is 6.61 Å². The first-order valence-corrected chi connectivity index (χ1v) is 6.46. The maximum absolute atomic E-state index is 9.17. The standard InChI is InChI=1S/C14H19N5O/c15-18-14-9-16-13(8-17-14)11-19(6-7-20)10-12-4-2-1-3-5-12/h1-5,8-9,20H,6-7,10-11,15H2,(H,17,18). The average Bonchev–Trinajstić information content (AvgIpc) is 2.49. The molecule has 0 spiro atoms. The molecule has 0 radical (unpaired) electrons. The highest BCUT2D eigenvalue weighted by Crippen LogP contribution is 2.08. The lowest BCUT2D eigenvalue weighted by molar-refractivity contribution is 0.182. The number of nitrogens with one attached hydrogen (secondary N) is 1. The van der Waals surface area contributed by atoms with E-state index in [1.54, 1.807) is 12.4 Å².